The average Bonchev–Trinajstić information content (AvgIpc) is 3.02. The minimum absolute atomic E-state index is 0.147. The van der Waals surface area contributed by atoms with Gasteiger partial charge in [0.15, 0.2) is 11.5 Å². The van der Waals surface area contributed by atoms with E-state index in [0.29, 0.717) is 41.4 Å². The standard InChI is InChI=1S/C31H28F3N5O5/c1-42-25-15-20-23(16-26(25)43-2)36-17-37-30(20)44-24-12-11-19(14-21(24)31(32,33)34)39-29(41)27(22-10-6-7-13-35-22)28(40)38-18-8-4-3-5-9-18/h3-5,8-9,11-12,14-17,35H,6-7,10,13H2,1-2H3,(H,38,40)(H,39,41)/b27-22+. The third-order valence-corrected chi connectivity index (χ3v) is 6.83. The van der Waals surface area contributed by atoms with Crippen molar-refractivity contribution >= 4 is 34.1 Å². The third kappa shape index (κ3) is 6.66. The summed E-state index contributed by atoms with van der Waals surface area (Å²) in [5.74, 6) is -1.56. The zero-order valence-electron chi connectivity index (χ0n) is 23.7. The summed E-state index contributed by atoms with van der Waals surface area (Å²) >= 11 is 0. The first-order valence-corrected chi connectivity index (χ1v) is 13.6. The van der Waals surface area contributed by atoms with Crippen molar-refractivity contribution in [2.45, 2.75) is 25.4 Å². The van der Waals surface area contributed by atoms with Crippen LogP contribution in [0.2, 0.25) is 0 Å². The van der Waals surface area contributed by atoms with E-state index in [1.54, 1.807) is 36.4 Å². The molecule has 0 aliphatic carbocycles. The molecule has 1 saturated heterocycles. The van der Waals surface area contributed by atoms with Crippen LogP contribution in [-0.2, 0) is 15.8 Å². The second-order valence-corrected chi connectivity index (χ2v) is 9.73. The Labute approximate surface area is 250 Å². The zero-order chi connectivity index (χ0) is 31.3. The molecule has 4 aromatic rings. The fraction of sp³-hybridized carbons (Fsp3) is 0.226. The Kier molecular flexibility index (Phi) is 8.83. The van der Waals surface area contributed by atoms with Gasteiger partial charge in [-0.05, 0) is 55.7 Å². The molecule has 0 atom stereocenters. The summed E-state index contributed by atoms with van der Waals surface area (Å²) in [6, 6.07) is 14.7. The molecule has 13 heteroatoms. The van der Waals surface area contributed by atoms with Crippen molar-refractivity contribution in [3.05, 3.63) is 83.8 Å². The number of fused-ring (bicyclic) bond motifs is 1. The first kappa shape index (κ1) is 30.1. The lowest BCUT2D eigenvalue weighted by Gasteiger charge is -2.21. The number of alkyl halides is 3. The molecule has 0 unspecified atom stereocenters. The van der Waals surface area contributed by atoms with Crippen LogP contribution < -0.4 is 30.2 Å². The number of methoxy groups -OCH3 is 2. The highest BCUT2D eigenvalue weighted by atomic mass is 19.4. The lowest BCUT2D eigenvalue weighted by Crippen LogP contribution is -2.32. The number of piperidine rings is 1. The number of amides is 2. The molecule has 3 aromatic carbocycles. The molecule has 1 fully saturated rings. The maximum Gasteiger partial charge on any atom is 0.420 e. The van der Waals surface area contributed by atoms with Crippen LogP contribution in [0.25, 0.3) is 10.9 Å². The molecule has 0 radical (unpaired) electrons. The lowest BCUT2D eigenvalue weighted by molar-refractivity contribution is -0.138. The van der Waals surface area contributed by atoms with Gasteiger partial charge in [-0.2, -0.15) is 13.2 Å². The van der Waals surface area contributed by atoms with E-state index in [-0.39, 0.29) is 22.5 Å². The van der Waals surface area contributed by atoms with Crippen molar-refractivity contribution in [3.63, 3.8) is 0 Å². The van der Waals surface area contributed by atoms with Crippen molar-refractivity contribution < 1.29 is 37.0 Å². The van der Waals surface area contributed by atoms with Gasteiger partial charge in [0.25, 0.3) is 11.8 Å². The summed E-state index contributed by atoms with van der Waals surface area (Å²) in [7, 11) is 2.86. The van der Waals surface area contributed by atoms with Gasteiger partial charge in [0.2, 0.25) is 5.88 Å². The van der Waals surface area contributed by atoms with Crippen LogP contribution in [0.15, 0.2) is 78.3 Å². The van der Waals surface area contributed by atoms with E-state index in [9.17, 15) is 22.8 Å². The molecular weight excluding hydrogens is 579 g/mol. The number of anilines is 2. The molecule has 3 N–H and O–H groups in total. The summed E-state index contributed by atoms with van der Waals surface area (Å²) < 4.78 is 59.1. The molecule has 2 heterocycles. The Morgan fingerprint density at radius 1 is 0.841 bits per heavy atom. The van der Waals surface area contributed by atoms with Crippen LogP contribution in [0, 0.1) is 0 Å². The van der Waals surface area contributed by atoms with E-state index in [0.717, 1.165) is 31.3 Å². The molecule has 2 amide bonds. The van der Waals surface area contributed by atoms with Gasteiger partial charge in [-0.3, -0.25) is 9.59 Å². The minimum atomic E-state index is -4.86. The number of carbonyl (C=O) groups excluding carboxylic acids is 2. The molecule has 1 aromatic heterocycles. The Morgan fingerprint density at radius 2 is 1.55 bits per heavy atom. The van der Waals surface area contributed by atoms with E-state index in [1.165, 1.54) is 26.4 Å². The fourth-order valence-electron chi connectivity index (χ4n) is 4.72. The number of hydrogen-bond donors (Lipinski definition) is 3. The van der Waals surface area contributed by atoms with Crippen LogP contribution in [0.3, 0.4) is 0 Å². The predicted molar refractivity (Wildman–Crippen MR) is 157 cm³/mol. The second-order valence-electron chi connectivity index (χ2n) is 9.73. The maximum absolute atomic E-state index is 14.3. The number of allylic oxidation sites excluding steroid dienone is 1. The van der Waals surface area contributed by atoms with E-state index in [1.807, 2.05) is 0 Å². The van der Waals surface area contributed by atoms with Gasteiger partial charge in [0, 0.05) is 29.7 Å². The maximum atomic E-state index is 14.3. The van der Waals surface area contributed by atoms with Crippen molar-refractivity contribution in [3.8, 4) is 23.1 Å². The topological polar surface area (TPSA) is 124 Å². The van der Waals surface area contributed by atoms with Crippen LogP contribution in [0.4, 0.5) is 24.5 Å². The smallest absolute Gasteiger partial charge is 0.420 e. The van der Waals surface area contributed by atoms with Crippen LogP contribution in [0.1, 0.15) is 24.8 Å². The van der Waals surface area contributed by atoms with Crippen molar-refractivity contribution in [1.29, 1.82) is 0 Å². The predicted octanol–water partition coefficient (Wildman–Crippen LogP) is 6.06. The van der Waals surface area contributed by atoms with Gasteiger partial charge < -0.3 is 30.2 Å². The monoisotopic (exact) mass is 607 g/mol. The number of nitrogens with one attached hydrogen (secondary N) is 3. The molecule has 10 nitrogen and oxygen atoms in total. The van der Waals surface area contributed by atoms with E-state index in [4.69, 9.17) is 14.2 Å². The Morgan fingerprint density at radius 3 is 2.20 bits per heavy atom. The van der Waals surface area contributed by atoms with Crippen molar-refractivity contribution in [2.24, 2.45) is 0 Å². The highest BCUT2D eigenvalue weighted by Gasteiger charge is 2.36. The number of benzene rings is 3. The number of para-hydroxylation sites is 1. The number of nitrogens with zero attached hydrogens (tertiary/aromatic N) is 2. The van der Waals surface area contributed by atoms with Crippen LogP contribution in [0.5, 0.6) is 23.1 Å². The summed E-state index contributed by atoms with van der Waals surface area (Å²) in [6.45, 7) is 0.561. The van der Waals surface area contributed by atoms with E-state index >= 15 is 0 Å². The van der Waals surface area contributed by atoms with Gasteiger partial charge in [-0.1, -0.05) is 18.2 Å². The molecule has 1 aliphatic heterocycles. The molecule has 0 bridgehead atoms. The number of rotatable bonds is 8. The first-order chi connectivity index (χ1) is 21.2. The highest BCUT2D eigenvalue weighted by molar-refractivity contribution is 6.26. The Bertz CT molecular complexity index is 1720. The molecule has 0 saturated carbocycles. The zero-order valence-corrected chi connectivity index (χ0v) is 23.7. The minimum Gasteiger partial charge on any atom is -0.493 e. The summed E-state index contributed by atoms with van der Waals surface area (Å²) in [5.41, 5.74) is -0.319. The van der Waals surface area contributed by atoms with Crippen LogP contribution >= 0.6 is 0 Å². The number of ether oxygens (including phenoxy) is 3. The molecule has 44 heavy (non-hydrogen) atoms. The van der Waals surface area contributed by atoms with Gasteiger partial charge in [-0.25, -0.2) is 9.97 Å². The van der Waals surface area contributed by atoms with E-state index in [2.05, 4.69) is 25.9 Å². The SMILES string of the molecule is COc1cc2ncnc(Oc3ccc(NC(=O)/C(C(=O)Nc4ccccc4)=C4\CCCCN4)cc3C(F)(F)F)c2cc1OC. The third-order valence-electron chi connectivity index (χ3n) is 6.83. The molecule has 1 aliphatic rings. The lowest BCUT2D eigenvalue weighted by atomic mass is 10.0. The van der Waals surface area contributed by atoms with Crippen molar-refractivity contribution in [2.75, 3.05) is 31.4 Å². The van der Waals surface area contributed by atoms with E-state index < -0.39 is 29.3 Å². The first-order valence-electron chi connectivity index (χ1n) is 13.6. The molecule has 5 rings (SSSR count). The van der Waals surface area contributed by atoms with Crippen molar-refractivity contribution in [1.82, 2.24) is 15.3 Å². The Balaban J connectivity index is 1.46. The van der Waals surface area contributed by atoms with Gasteiger partial charge in [0.05, 0.1) is 25.1 Å². The van der Waals surface area contributed by atoms with Gasteiger partial charge >= 0.3 is 6.18 Å². The normalized spacial score (nSPS) is 14.3. The van der Waals surface area contributed by atoms with Gasteiger partial charge in [0.1, 0.15) is 23.2 Å². The number of aromatic nitrogens is 2. The second kappa shape index (κ2) is 12.9. The summed E-state index contributed by atoms with van der Waals surface area (Å²) in [4.78, 5) is 34.8. The molecule has 228 valence electrons. The number of carbonyl (C=O) groups is 2. The summed E-state index contributed by atoms with van der Waals surface area (Å²) in [6.07, 6.45) is -1.67. The quantitative estimate of drug-likeness (QED) is 0.125. The highest BCUT2D eigenvalue weighted by Crippen LogP contribution is 2.41. The molecular formula is C31H28F3N5O5. The largest absolute Gasteiger partial charge is 0.493 e. The fourth-order valence-corrected chi connectivity index (χ4v) is 4.72. The summed E-state index contributed by atoms with van der Waals surface area (Å²) in [5, 5.41) is 8.51. The number of halogens is 3. The Hall–Kier alpha value is -5.33. The number of hydrogen-bond acceptors (Lipinski definition) is 8. The van der Waals surface area contributed by atoms with Crippen LogP contribution in [-0.4, -0.2) is 42.5 Å². The van der Waals surface area contributed by atoms with Gasteiger partial charge in [-0.15, -0.1) is 0 Å². The molecule has 0 spiro atoms. The average molecular weight is 608 g/mol.